The number of anilines is 1. The summed E-state index contributed by atoms with van der Waals surface area (Å²) in [5.41, 5.74) is 2.32. The average Bonchev–Trinajstić information content (AvgIpc) is 2.25. The van der Waals surface area contributed by atoms with Crippen molar-refractivity contribution in [1.29, 1.82) is 0 Å². The van der Waals surface area contributed by atoms with Crippen LogP contribution in [0.2, 0.25) is 0 Å². The van der Waals surface area contributed by atoms with Gasteiger partial charge in [-0.2, -0.15) is 0 Å². The van der Waals surface area contributed by atoms with Gasteiger partial charge in [-0.15, -0.1) is 4.83 Å². The van der Waals surface area contributed by atoms with E-state index < -0.39 is 19.9 Å². The van der Waals surface area contributed by atoms with Gasteiger partial charge in [-0.1, -0.05) is 0 Å². The lowest BCUT2D eigenvalue weighted by atomic mass is 10.3. The highest BCUT2D eigenvalue weighted by atomic mass is 32.2. The van der Waals surface area contributed by atoms with Crippen LogP contribution in [0.1, 0.15) is 0 Å². The summed E-state index contributed by atoms with van der Waals surface area (Å²) in [7, 11) is -4.44. The maximum Gasteiger partial charge on any atom is 0.255 e. The third-order valence-electron chi connectivity index (χ3n) is 2.13. The van der Waals surface area contributed by atoms with Crippen LogP contribution in [0.3, 0.4) is 0 Å². The fourth-order valence-corrected chi connectivity index (χ4v) is 3.36. The molecule has 0 spiro atoms. The number of hydrogen-bond acceptors (Lipinski definition) is 7. The van der Waals surface area contributed by atoms with E-state index in [9.17, 15) is 16.8 Å². The Kier molecular flexibility index (Phi) is 4.53. The molecule has 0 aliphatic rings. The molecule has 0 bridgehead atoms. The first-order valence-corrected chi connectivity index (χ1v) is 8.46. The van der Waals surface area contributed by atoms with E-state index in [1.807, 2.05) is 0 Å². The van der Waals surface area contributed by atoms with E-state index in [2.05, 4.69) is 10.3 Å². The number of benzene rings is 1. The van der Waals surface area contributed by atoms with Gasteiger partial charge in [0.15, 0.2) is 9.84 Å². The number of hydrazine groups is 2. The number of nitrogen functional groups attached to an aromatic ring is 1. The molecule has 0 unspecified atom stereocenters. The normalized spacial score (nSPS) is 12.7. The molecule has 0 saturated heterocycles. The molecule has 0 saturated carbocycles. The Morgan fingerprint density at radius 1 is 1.16 bits per heavy atom. The van der Waals surface area contributed by atoms with Gasteiger partial charge in [-0.05, 0) is 18.2 Å². The van der Waals surface area contributed by atoms with Gasteiger partial charge in [-0.3, -0.25) is 5.84 Å². The van der Waals surface area contributed by atoms with Crippen LogP contribution in [-0.2, 0) is 19.9 Å². The summed E-state index contributed by atoms with van der Waals surface area (Å²) in [5.74, 6) is 5.23. The monoisotopic (exact) mass is 308 g/mol. The molecule has 0 heterocycles. The molecule has 19 heavy (non-hydrogen) atoms. The fraction of sp³-hybridized carbons (Fsp3) is 0.333. The van der Waals surface area contributed by atoms with Crippen molar-refractivity contribution in [2.75, 3.05) is 25.8 Å². The van der Waals surface area contributed by atoms with E-state index in [-0.39, 0.29) is 15.5 Å². The van der Waals surface area contributed by atoms with Gasteiger partial charge in [0.2, 0.25) is 0 Å². The molecule has 4 N–H and O–H groups in total. The van der Waals surface area contributed by atoms with Crippen LogP contribution in [0.5, 0.6) is 0 Å². The van der Waals surface area contributed by atoms with Crippen molar-refractivity contribution in [1.82, 2.24) is 9.84 Å². The zero-order chi connectivity index (χ0) is 14.8. The number of hydrogen-bond donors (Lipinski definition) is 3. The van der Waals surface area contributed by atoms with E-state index in [0.29, 0.717) is 0 Å². The van der Waals surface area contributed by atoms with Gasteiger partial charge in [0, 0.05) is 20.4 Å². The predicted octanol–water partition coefficient (Wildman–Crippen LogP) is -0.869. The van der Waals surface area contributed by atoms with E-state index >= 15 is 0 Å². The third-order valence-corrected chi connectivity index (χ3v) is 4.76. The Hall–Kier alpha value is -1.20. The van der Waals surface area contributed by atoms with Gasteiger partial charge in [-0.25, -0.2) is 21.8 Å². The van der Waals surface area contributed by atoms with Crippen molar-refractivity contribution < 1.29 is 16.8 Å². The molecule has 0 atom stereocenters. The molecule has 10 heteroatoms. The maximum atomic E-state index is 12.1. The summed E-state index contributed by atoms with van der Waals surface area (Å²) in [6.07, 6.45) is 0.994. The smallest absolute Gasteiger partial charge is 0.255 e. The van der Waals surface area contributed by atoms with Crippen molar-refractivity contribution in [3.8, 4) is 0 Å². The second kappa shape index (κ2) is 5.43. The Morgan fingerprint density at radius 3 is 2.16 bits per heavy atom. The summed E-state index contributed by atoms with van der Waals surface area (Å²) in [6.45, 7) is 0. The molecule has 0 aliphatic heterocycles. The first-order chi connectivity index (χ1) is 8.58. The summed E-state index contributed by atoms with van der Waals surface area (Å²) < 4.78 is 47.0. The fourth-order valence-electron chi connectivity index (χ4n) is 1.36. The lowest BCUT2D eigenvalue weighted by molar-refractivity contribution is 0.364. The van der Waals surface area contributed by atoms with Crippen molar-refractivity contribution in [3.05, 3.63) is 18.2 Å². The first-order valence-electron chi connectivity index (χ1n) is 5.08. The summed E-state index contributed by atoms with van der Waals surface area (Å²) in [6, 6.07) is 3.62. The molecule has 1 aromatic carbocycles. The number of rotatable bonds is 5. The quantitative estimate of drug-likeness (QED) is 0.477. The minimum atomic E-state index is -3.92. The molecule has 1 rings (SSSR count). The summed E-state index contributed by atoms with van der Waals surface area (Å²) in [4.78, 5) is 1.85. The molecule has 8 nitrogen and oxygen atoms in total. The van der Waals surface area contributed by atoms with Crippen molar-refractivity contribution >= 4 is 25.5 Å². The Morgan fingerprint density at radius 2 is 1.74 bits per heavy atom. The van der Waals surface area contributed by atoms with Crippen molar-refractivity contribution in [3.63, 3.8) is 0 Å². The SMILES string of the molecule is CN(C)NS(=O)(=O)c1cc(S(C)(=O)=O)ccc1NN. The maximum absolute atomic E-state index is 12.1. The van der Waals surface area contributed by atoms with Gasteiger partial charge >= 0.3 is 0 Å². The molecule has 0 fully saturated rings. The molecule has 0 aliphatic carbocycles. The summed E-state index contributed by atoms with van der Waals surface area (Å²) in [5, 5.41) is 1.22. The Balaban J connectivity index is 3.48. The minimum absolute atomic E-state index is 0.0988. The zero-order valence-electron chi connectivity index (χ0n) is 10.7. The highest BCUT2D eigenvalue weighted by molar-refractivity contribution is 7.91. The van der Waals surface area contributed by atoms with Crippen LogP contribution in [0.15, 0.2) is 28.0 Å². The Labute approximate surface area is 112 Å². The lowest BCUT2D eigenvalue weighted by Crippen LogP contribution is -2.36. The number of sulfonamides is 1. The second-order valence-electron chi connectivity index (χ2n) is 4.06. The predicted molar refractivity (Wildman–Crippen MR) is 71.4 cm³/mol. The third kappa shape index (κ3) is 3.88. The average molecular weight is 308 g/mol. The largest absolute Gasteiger partial charge is 0.323 e. The topological polar surface area (TPSA) is 122 Å². The molecule has 108 valence electrons. The number of nitrogens with zero attached hydrogens (tertiary/aromatic N) is 1. The van der Waals surface area contributed by atoms with Crippen LogP contribution >= 0.6 is 0 Å². The van der Waals surface area contributed by atoms with Gasteiger partial charge < -0.3 is 5.43 Å². The lowest BCUT2D eigenvalue weighted by Gasteiger charge is -2.15. The molecule has 0 amide bonds. The molecular formula is C9H16N4O4S2. The number of sulfone groups is 1. The van der Waals surface area contributed by atoms with Crippen LogP contribution in [0.25, 0.3) is 0 Å². The van der Waals surface area contributed by atoms with Crippen LogP contribution in [-0.4, -0.2) is 42.2 Å². The van der Waals surface area contributed by atoms with E-state index in [1.54, 1.807) is 0 Å². The highest BCUT2D eigenvalue weighted by Gasteiger charge is 2.21. The zero-order valence-corrected chi connectivity index (χ0v) is 12.3. The van der Waals surface area contributed by atoms with E-state index in [1.165, 1.54) is 31.2 Å². The number of nitrogens with two attached hydrogens (primary N) is 1. The van der Waals surface area contributed by atoms with Crippen molar-refractivity contribution in [2.45, 2.75) is 9.79 Å². The summed E-state index contributed by atoms with van der Waals surface area (Å²) >= 11 is 0. The van der Waals surface area contributed by atoms with Crippen LogP contribution in [0, 0.1) is 0 Å². The Bertz CT molecular complexity index is 667. The molecule has 0 radical (unpaired) electrons. The van der Waals surface area contributed by atoms with Gasteiger partial charge in [0.25, 0.3) is 10.0 Å². The van der Waals surface area contributed by atoms with Gasteiger partial charge in [0.1, 0.15) is 4.90 Å². The molecule has 0 aromatic heterocycles. The standard InChI is InChI=1S/C9H16N4O4S2/c1-13(2)12-19(16,17)9-6-7(18(3,14)15)4-5-8(9)11-10/h4-6,11-12H,10H2,1-3H3. The van der Waals surface area contributed by atoms with Crippen LogP contribution < -0.4 is 16.1 Å². The molecular weight excluding hydrogens is 292 g/mol. The number of nitrogens with one attached hydrogen (secondary N) is 2. The minimum Gasteiger partial charge on any atom is -0.323 e. The van der Waals surface area contributed by atoms with Gasteiger partial charge in [0.05, 0.1) is 10.6 Å². The second-order valence-corrected chi connectivity index (χ2v) is 7.71. The first kappa shape index (κ1) is 15.9. The highest BCUT2D eigenvalue weighted by Crippen LogP contribution is 2.24. The van der Waals surface area contributed by atoms with E-state index in [0.717, 1.165) is 12.3 Å². The van der Waals surface area contributed by atoms with Crippen molar-refractivity contribution in [2.24, 2.45) is 5.84 Å². The van der Waals surface area contributed by atoms with E-state index in [4.69, 9.17) is 5.84 Å². The molecule has 1 aromatic rings. The van der Waals surface area contributed by atoms with Crippen LogP contribution in [0.4, 0.5) is 5.69 Å².